The van der Waals surface area contributed by atoms with Crippen LogP contribution in [-0.2, 0) is 4.74 Å². The maximum Gasteiger partial charge on any atom is 0.0806 e. The fourth-order valence-electron chi connectivity index (χ4n) is 3.22. The van der Waals surface area contributed by atoms with Crippen LogP contribution < -0.4 is 11.3 Å². The van der Waals surface area contributed by atoms with Crippen molar-refractivity contribution in [2.45, 2.75) is 51.2 Å². The third-order valence-electron chi connectivity index (χ3n) is 4.33. The van der Waals surface area contributed by atoms with Crippen molar-refractivity contribution in [3.05, 3.63) is 35.4 Å². The molecule has 106 valence electrons. The Morgan fingerprint density at radius 2 is 1.79 bits per heavy atom. The fraction of sp³-hybridized carbons (Fsp3) is 0.625. The molecule has 2 rings (SSSR count). The Morgan fingerprint density at radius 1 is 1.16 bits per heavy atom. The van der Waals surface area contributed by atoms with E-state index in [0.717, 1.165) is 0 Å². The van der Waals surface area contributed by atoms with E-state index in [9.17, 15) is 0 Å². The normalized spacial score (nSPS) is 20.2. The van der Waals surface area contributed by atoms with E-state index in [1.807, 2.05) is 0 Å². The standard InChI is InChI=1S/C16H26N2O/c1-12-8-10-13(11-9-12)15(18-17)16(19-2)14-6-4-3-5-7-14/h8-11,14-16,18H,3-7,17H2,1-2H3. The zero-order valence-electron chi connectivity index (χ0n) is 12.1. The molecule has 0 heterocycles. The minimum atomic E-state index is 0.0775. The van der Waals surface area contributed by atoms with Gasteiger partial charge in [-0.2, -0.15) is 0 Å². The van der Waals surface area contributed by atoms with Crippen LogP contribution in [0.2, 0.25) is 0 Å². The van der Waals surface area contributed by atoms with Gasteiger partial charge in [0.15, 0.2) is 0 Å². The maximum absolute atomic E-state index is 5.80. The molecule has 1 aliphatic rings. The lowest BCUT2D eigenvalue weighted by atomic mass is 9.81. The van der Waals surface area contributed by atoms with Gasteiger partial charge in [0, 0.05) is 7.11 Å². The van der Waals surface area contributed by atoms with Crippen molar-refractivity contribution in [3.8, 4) is 0 Å². The van der Waals surface area contributed by atoms with Crippen molar-refractivity contribution >= 4 is 0 Å². The highest BCUT2D eigenvalue weighted by Crippen LogP contribution is 2.33. The number of hydrazine groups is 1. The average Bonchev–Trinajstić information content (AvgIpc) is 2.47. The van der Waals surface area contributed by atoms with E-state index in [4.69, 9.17) is 10.6 Å². The van der Waals surface area contributed by atoms with Crippen LogP contribution in [0, 0.1) is 12.8 Å². The third kappa shape index (κ3) is 3.56. The van der Waals surface area contributed by atoms with Gasteiger partial charge in [0.05, 0.1) is 12.1 Å². The quantitative estimate of drug-likeness (QED) is 0.633. The SMILES string of the molecule is COC(C1CCCCC1)C(NN)c1ccc(C)cc1. The van der Waals surface area contributed by atoms with E-state index in [0.29, 0.717) is 5.92 Å². The highest BCUT2D eigenvalue weighted by molar-refractivity contribution is 5.25. The summed E-state index contributed by atoms with van der Waals surface area (Å²) in [5.41, 5.74) is 5.44. The molecule has 0 saturated heterocycles. The second-order valence-corrected chi connectivity index (χ2v) is 5.65. The van der Waals surface area contributed by atoms with Crippen LogP contribution in [0.25, 0.3) is 0 Å². The van der Waals surface area contributed by atoms with Crippen molar-refractivity contribution in [1.82, 2.24) is 5.43 Å². The predicted molar refractivity (Wildman–Crippen MR) is 78.6 cm³/mol. The smallest absolute Gasteiger partial charge is 0.0806 e. The molecule has 19 heavy (non-hydrogen) atoms. The van der Waals surface area contributed by atoms with Crippen LogP contribution in [0.4, 0.5) is 0 Å². The number of hydrogen-bond donors (Lipinski definition) is 2. The van der Waals surface area contributed by atoms with E-state index in [2.05, 4.69) is 36.6 Å². The van der Waals surface area contributed by atoms with Gasteiger partial charge >= 0.3 is 0 Å². The van der Waals surface area contributed by atoms with E-state index in [1.165, 1.54) is 43.2 Å². The first-order valence-electron chi connectivity index (χ1n) is 7.31. The molecule has 0 bridgehead atoms. The topological polar surface area (TPSA) is 47.3 Å². The number of nitrogens with two attached hydrogens (primary N) is 1. The number of ether oxygens (including phenoxy) is 1. The van der Waals surface area contributed by atoms with Crippen LogP contribution in [0.3, 0.4) is 0 Å². The third-order valence-corrected chi connectivity index (χ3v) is 4.33. The van der Waals surface area contributed by atoms with Crippen molar-refractivity contribution < 1.29 is 4.74 Å². The van der Waals surface area contributed by atoms with Crippen molar-refractivity contribution in [2.24, 2.45) is 11.8 Å². The van der Waals surface area contributed by atoms with Gasteiger partial charge in [0.1, 0.15) is 0 Å². The Morgan fingerprint density at radius 3 is 2.32 bits per heavy atom. The number of nitrogens with one attached hydrogen (secondary N) is 1. The molecule has 2 unspecified atom stereocenters. The molecule has 0 aromatic heterocycles. The summed E-state index contributed by atoms with van der Waals surface area (Å²) in [5, 5.41) is 0. The van der Waals surface area contributed by atoms with Gasteiger partial charge in [0.2, 0.25) is 0 Å². The lowest BCUT2D eigenvalue weighted by molar-refractivity contribution is 0.00750. The molecule has 3 N–H and O–H groups in total. The van der Waals surface area contributed by atoms with Gasteiger partial charge in [-0.1, -0.05) is 49.1 Å². The molecule has 3 heteroatoms. The van der Waals surface area contributed by atoms with Gasteiger partial charge in [0.25, 0.3) is 0 Å². The molecular formula is C16H26N2O. The average molecular weight is 262 g/mol. The zero-order chi connectivity index (χ0) is 13.7. The Labute approximate surface area is 116 Å². The summed E-state index contributed by atoms with van der Waals surface area (Å²) >= 11 is 0. The summed E-state index contributed by atoms with van der Waals surface area (Å²) < 4.78 is 5.78. The highest BCUT2D eigenvalue weighted by atomic mass is 16.5. The van der Waals surface area contributed by atoms with Gasteiger partial charge in [-0.25, -0.2) is 0 Å². The highest BCUT2D eigenvalue weighted by Gasteiger charge is 2.30. The summed E-state index contributed by atoms with van der Waals surface area (Å²) in [6.07, 6.45) is 6.65. The van der Waals surface area contributed by atoms with Crippen molar-refractivity contribution in [1.29, 1.82) is 0 Å². The zero-order valence-corrected chi connectivity index (χ0v) is 12.1. The molecule has 2 atom stereocenters. The Bertz CT molecular complexity index is 371. The molecule has 0 amide bonds. The minimum Gasteiger partial charge on any atom is -0.379 e. The second-order valence-electron chi connectivity index (χ2n) is 5.65. The largest absolute Gasteiger partial charge is 0.379 e. The van der Waals surface area contributed by atoms with Crippen LogP contribution in [0.15, 0.2) is 24.3 Å². The minimum absolute atomic E-state index is 0.0775. The van der Waals surface area contributed by atoms with Crippen molar-refractivity contribution in [3.63, 3.8) is 0 Å². The molecule has 1 saturated carbocycles. The number of rotatable bonds is 5. The number of methoxy groups -OCH3 is 1. The summed E-state index contributed by atoms with van der Waals surface area (Å²) in [7, 11) is 1.80. The number of benzene rings is 1. The first kappa shape index (κ1) is 14.5. The van der Waals surface area contributed by atoms with Crippen LogP contribution >= 0.6 is 0 Å². The predicted octanol–water partition coefficient (Wildman–Crippen LogP) is 3.09. The first-order chi connectivity index (χ1) is 9.26. The molecule has 1 aromatic rings. The van der Waals surface area contributed by atoms with Crippen LogP contribution in [-0.4, -0.2) is 13.2 Å². The second kappa shape index (κ2) is 7.04. The first-order valence-corrected chi connectivity index (χ1v) is 7.31. The number of hydrogen-bond acceptors (Lipinski definition) is 3. The van der Waals surface area contributed by atoms with E-state index < -0.39 is 0 Å². The van der Waals surface area contributed by atoms with Gasteiger partial charge in [-0.05, 0) is 31.2 Å². The monoisotopic (exact) mass is 262 g/mol. The summed E-state index contributed by atoms with van der Waals surface area (Å²) in [6.45, 7) is 2.10. The number of aryl methyl sites for hydroxylation is 1. The fourth-order valence-corrected chi connectivity index (χ4v) is 3.22. The summed E-state index contributed by atoms with van der Waals surface area (Å²) in [4.78, 5) is 0. The van der Waals surface area contributed by atoms with Gasteiger partial charge < -0.3 is 4.74 Å². The van der Waals surface area contributed by atoms with Crippen LogP contribution in [0.5, 0.6) is 0 Å². The summed E-state index contributed by atoms with van der Waals surface area (Å²) in [6, 6.07) is 8.64. The van der Waals surface area contributed by atoms with Crippen LogP contribution in [0.1, 0.15) is 49.3 Å². The van der Waals surface area contributed by atoms with Gasteiger partial charge in [-0.15, -0.1) is 0 Å². The molecule has 1 aliphatic carbocycles. The maximum atomic E-state index is 5.80. The lowest BCUT2D eigenvalue weighted by Crippen LogP contribution is -2.42. The van der Waals surface area contributed by atoms with E-state index in [1.54, 1.807) is 7.11 Å². The molecule has 3 nitrogen and oxygen atoms in total. The Kier molecular flexibility index (Phi) is 5.37. The molecular weight excluding hydrogens is 236 g/mol. The lowest BCUT2D eigenvalue weighted by Gasteiger charge is -2.34. The Balaban J connectivity index is 2.15. The van der Waals surface area contributed by atoms with E-state index >= 15 is 0 Å². The van der Waals surface area contributed by atoms with Crippen molar-refractivity contribution in [2.75, 3.05) is 7.11 Å². The molecule has 0 spiro atoms. The Hall–Kier alpha value is -0.900. The van der Waals surface area contributed by atoms with E-state index in [-0.39, 0.29) is 12.1 Å². The molecule has 1 aromatic carbocycles. The molecule has 0 aliphatic heterocycles. The molecule has 0 radical (unpaired) electrons. The van der Waals surface area contributed by atoms with Gasteiger partial charge in [-0.3, -0.25) is 11.3 Å². The summed E-state index contributed by atoms with van der Waals surface area (Å²) in [5.74, 6) is 6.41. The molecule has 1 fully saturated rings.